The molecule has 1 N–H and O–H groups in total. The fourth-order valence-electron chi connectivity index (χ4n) is 4.24. The Morgan fingerprint density at radius 3 is 2.48 bits per heavy atom. The fraction of sp³-hybridized carbons (Fsp3) is 0.579. The Morgan fingerprint density at radius 1 is 1.00 bits per heavy atom. The van der Waals surface area contributed by atoms with Gasteiger partial charge in [-0.15, -0.1) is 0 Å². The SMILES string of the molecule is O=C(NC1CC1)[C@@H]1C[C@@H]2CCCC[C@@H]2N1C(=O)c1ccccc1. The van der Waals surface area contributed by atoms with Gasteiger partial charge in [-0.25, -0.2) is 0 Å². The van der Waals surface area contributed by atoms with Crippen LogP contribution in [0.3, 0.4) is 0 Å². The molecule has 23 heavy (non-hydrogen) atoms. The van der Waals surface area contributed by atoms with Gasteiger partial charge in [0.1, 0.15) is 6.04 Å². The lowest BCUT2D eigenvalue weighted by Gasteiger charge is -2.33. The van der Waals surface area contributed by atoms with E-state index in [1.807, 2.05) is 35.2 Å². The van der Waals surface area contributed by atoms with Crippen LogP contribution >= 0.6 is 0 Å². The summed E-state index contributed by atoms with van der Waals surface area (Å²) in [4.78, 5) is 27.7. The van der Waals surface area contributed by atoms with Crippen molar-refractivity contribution in [2.24, 2.45) is 5.92 Å². The maximum absolute atomic E-state index is 13.1. The van der Waals surface area contributed by atoms with E-state index in [1.54, 1.807) is 0 Å². The van der Waals surface area contributed by atoms with E-state index in [4.69, 9.17) is 0 Å². The Hall–Kier alpha value is -1.84. The molecule has 4 nitrogen and oxygen atoms in total. The summed E-state index contributed by atoms with van der Waals surface area (Å²) >= 11 is 0. The molecule has 4 heteroatoms. The Morgan fingerprint density at radius 2 is 1.74 bits per heavy atom. The summed E-state index contributed by atoms with van der Waals surface area (Å²) in [5, 5.41) is 3.11. The third-order valence-electron chi connectivity index (χ3n) is 5.57. The minimum absolute atomic E-state index is 0.0240. The van der Waals surface area contributed by atoms with E-state index in [0.717, 1.165) is 38.5 Å². The number of likely N-dealkylation sites (tertiary alicyclic amines) is 1. The van der Waals surface area contributed by atoms with Crippen molar-refractivity contribution in [2.75, 3.05) is 0 Å². The number of rotatable bonds is 3. The van der Waals surface area contributed by atoms with Gasteiger partial charge in [0, 0.05) is 17.6 Å². The second kappa shape index (κ2) is 5.99. The molecule has 0 aromatic heterocycles. The molecule has 1 saturated heterocycles. The Labute approximate surface area is 137 Å². The number of hydrogen-bond acceptors (Lipinski definition) is 2. The number of fused-ring (bicyclic) bond motifs is 1. The Balaban J connectivity index is 1.60. The zero-order valence-corrected chi connectivity index (χ0v) is 13.4. The number of carbonyl (C=O) groups excluding carboxylic acids is 2. The summed E-state index contributed by atoms with van der Waals surface area (Å²) < 4.78 is 0. The second-order valence-corrected chi connectivity index (χ2v) is 7.22. The molecule has 2 saturated carbocycles. The van der Waals surface area contributed by atoms with Gasteiger partial charge in [0.2, 0.25) is 5.91 Å². The van der Waals surface area contributed by atoms with Crippen molar-refractivity contribution in [3.63, 3.8) is 0 Å². The van der Waals surface area contributed by atoms with E-state index < -0.39 is 0 Å². The van der Waals surface area contributed by atoms with Crippen molar-refractivity contribution in [3.8, 4) is 0 Å². The molecule has 3 atom stereocenters. The smallest absolute Gasteiger partial charge is 0.254 e. The second-order valence-electron chi connectivity index (χ2n) is 7.22. The van der Waals surface area contributed by atoms with Crippen molar-refractivity contribution < 1.29 is 9.59 Å². The van der Waals surface area contributed by atoms with Gasteiger partial charge in [-0.3, -0.25) is 9.59 Å². The number of nitrogens with one attached hydrogen (secondary N) is 1. The average Bonchev–Trinajstić information content (AvgIpc) is 3.31. The summed E-state index contributed by atoms with van der Waals surface area (Å²) in [7, 11) is 0. The molecule has 4 rings (SSSR count). The van der Waals surface area contributed by atoms with E-state index in [2.05, 4.69) is 5.32 Å². The molecule has 3 aliphatic rings. The van der Waals surface area contributed by atoms with Crippen molar-refractivity contribution in [1.82, 2.24) is 10.2 Å². The highest BCUT2D eigenvalue weighted by Gasteiger charge is 2.48. The molecular weight excluding hydrogens is 288 g/mol. The zero-order valence-electron chi connectivity index (χ0n) is 13.4. The van der Waals surface area contributed by atoms with Crippen LogP contribution in [0.25, 0.3) is 0 Å². The van der Waals surface area contributed by atoms with Crippen molar-refractivity contribution in [1.29, 1.82) is 0 Å². The van der Waals surface area contributed by atoms with E-state index in [9.17, 15) is 9.59 Å². The van der Waals surface area contributed by atoms with Crippen LogP contribution in [0.4, 0.5) is 0 Å². The lowest BCUT2D eigenvalue weighted by atomic mass is 9.84. The number of nitrogens with zero attached hydrogens (tertiary/aromatic N) is 1. The highest BCUT2D eigenvalue weighted by atomic mass is 16.2. The van der Waals surface area contributed by atoms with Crippen molar-refractivity contribution in [2.45, 2.75) is 63.1 Å². The van der Waals surface area contributed by atoms with Crippen molar-refractivity contribution >= 4 is 11.8 Å². The molecule has 1 heterocycles. The maximum Gasteiger partial charge on any atom is 0.254 e. The van der Waals surface area contributed by atoms with E-state index in [0.29, 0.717) is 17.5 Å². The van der Waals surface area contributed by atoms with E-state index >= 15 is 0 Å². The number of hydrogen-bond donors (Lipinski definition) is 1. The van der Waals surface area contributed by atoms with E-state index in [-0.39, 0.29) is 23.9 Å². The molecule has 2 aliphatic carbocycles. The standard InChI is InChI=1S/C19H24N2O2/c22-18(20-15-10-11-15)17-12-14-8-4-5-9-16(14)21(17)19(23)13-6-2-1-3-7-13/h1-3,6-7,14-17H,4-5,8-12H2,(H,20,22)/t14-,16-,17-/m0/s1. The van der Waals surface area contributed by atoms with Crippen LogP contribution in [0.15, 0.2) is 30.3 Å². The zero-order chi connectivity index (χ0) is 15.8. The van der Waals surface area contributed by atoms with Crippen LogP contribution < -0.4 is 5.32 Å². The monoisotopic (exact) mass is 312 g/mol. The number of carbonyl (C=O) groups is 2. The summed E-state index contributed by atoms with van der Waals surface area (Å²) in [5.41, 5.74) is 0.697. The van der Waals surface area contributed by atoms with Gasteiger partial charge in [-0.05, 0) is 50.2 Å². The summed E-state index contributed by atoms with van der Waals surface area (Å²) in [6.07, 6.45) is 7.58. The molecule has 1 aromatic carbocycles. The molecule has 3 fully saturated rings. The van der Waals surface area contributed by atoms with Gasteiger partial charge < -0.3 is 10.2 Å². The van der Waals surface area contributed by atoms with Crippen LogP contribution in [0, 0.1) is 5.92 Å². The van der Waals surface area contributed by atoms with Crippen LogP contribution in [-0.4, -0.2) is 34.8 Å². The number of amides is 2. The molecule has 0 unspecified atom stereocenters. The molecule has 1 aliphatic heterocycles. The third kappa shape index (κ3) is 2.87. The van der Waals surface area contributed by atoms with Crippen LogP contribution in [0.5, 0.6) is 0 Å². The van der Waals surface area contributed by atoms with Crippen molar-refractivity contribution in [3.05, 3.63) is 35.9 Å². The first-order chi connectivity index (χ1) is 11.2. The minimum Gasteiger partial charge on any atom is -0.352 e. The van der Waals surface area contributed by atoms with Gasteiger partial charge in [0.05, 0.1) is 0 Å². The summed E-state index contributed by atoms with van der Waals surface area (Å²) in [6, 6.07) is 9.72. The largest absolute Gasteiger partial charge is 0.352 e. The molecule has 0 bridgehead atoms. The lowest BCUT2D eigenvalue weighted by Crippen LogP contribution is -2.50. The average molecular weight is 312 g/mol. The maximum atomic E-state index is 13.1. The predicted molar refractivity (Wildman–Crippen MR) is 87.9 cm³/mol. The molecule has 1 aromatic rings. The third-order valence-corrected chi connectivity index (χ3v) is 5.57. The van der Waals surface area contributed by atoms with Crippen LogP contribution in [0.2, 0.25) is 0 Å². The quantitative estimate of drug-likeness (QED) is 0.933. The normalized spacial score (nSPS) is 29.9. The van der Waals surface area contributed by atoms with Crippen LogP contribution in [-0.2, 0) is 4.79 Å². The lowest BCUT2D eigenvalue weighted by molar-refractivity contribution is -0.125. The molecule has 2 amide bonds. The topological polar surface area (TPSA) is 49.4 Å². The highest BCUT2D eigenvalue weighted by molar-refractivity contribution is 5.98. The molecule has 0 radical (unpaired) electrons. The van der Waals surface area contributed by atoms with Crippen LogP contribution in [0.1, 0.15) is 55.3 Å². The predicted octanol–water partition coefficient (Wildman–Crippen LogP) is 2.74. The molecular formula is C19H24N2O2. The summed E-state index contributed by atoms with van der Waals surface area (Å²) in [6.45, 7) is 0. The highest BCUT2D eigenvalue weighted by Crippen LogP contribution is 2.40. The number of benzene rings is 1. The first-order valence-corrected chi connectivity index (χ1v) is 8.92. The molecule has 0 spiro atoms. The Bertz CT molecular complexity index is 597. The first kappa shape index (κ1) is 14.7. The summed E-state index contributed by atoms with van der Waals surface area (Å²) in [5.74, 6) is 0.577. The van der Waals surface area contributed by atoms with Gasteiger partial charge in [-0.2, -0.15) is 0 Å². The Kier molecular flexibility index (Phi) is 3.83. The van der Waals surface area contributed by atoms with Gasteiger partial charge in [0.25, 0.3) is 5.91 Å². The first-order valence-electron chi connectivity index (χ1n) is 8.92. The van der Waals surface area contributed by atoms with Gasteiger partial charge >= 0.3 is 0 Å². The van der Waals surface area contributed by atoms with E-state index in [1.165, 1.54) is 6.42 Å². The fourth-order valence-corrected chi connectivity index (χ4v) is 4.24. The van der Waals surface area contributed by atoms with Gasteiger partial charge in [0.15, 0.2) is 0 Å². The molecule has 122 valence electrons. The van der Waals surface area contributed by atoms with Gasteiger partial charge in [-0.1, -0.05) is 31.0 Å². The minimum atomic E-state index is -0.281.